The number of aromatic nitrogens is 2. The molecule has 0 saturated carbocycles. The van der Waals surface area contributed by atoms with Crippen molar-refractivity contribution in [3.63, 3.8) is 0 Å². The Hall–Kier alpha value is -0.690. The molecular weight excluding hydrogens is 246 g/mol. The molecule has 0 bridgehead atoms. The van der Waals surface area contributed by atoms with Crippen LogP contribution in [0.4, 0.5) is 5.13 Å². The molecule has 2 rings (SSSR count). The minimum atomic E-state index is -2.78. The first kappa shape index (κ1) is 11.8. The summed E-state index contributed by atoms with van der Waals surface area (Å²) in [5, 5.41) is 13.1. The fourth-order valence-electron chi connectivity index (χ4n) is 1.66. The van der Waals surface area contributed by atoms with Gasteiger partial charge in [0, 0.05) is 6.04 Å². The molecule has 90 valence electrons. The van der Waals surface area contributed by atoms with Crippen LogP contribution in [-0.2, 0) is 16.3 Å². The van der Waals surface area contributed by atoms with Crippen molar-refractivity contribution in [2.45, 2.75) is 32.2 Å². The minimum Gasteiger partial charge on any atom is -0.357 e. The number of nitrogens with one attached hydrogen (secondary N) is 1. The van der Waals surface area contributed by atoms with Crippen LogP contribution in [0.3, 0.4) is 0 Å². The van der Waals surface area contributed by atoms with E-state index < -0.39 is 9.84 Å². The van der Waals surface area contributed by atoms with Crippen LogP contribution in [0.15, 0.2) is 0 Å². The molecule has 2 heterocycles. The number of rotatable bonds is 3. The van der Waals surface area contributed by atoms with Gasteiger partial charge in [-0.3, -0.25) is 0 Å². The molecule has 0 unspecified atom stereocenters. The maximum atomic E-state index is 11.2. The average molecular weight is 261 g/mol. The Kier molecular flexibility index (Phi) is 3.44. The predicted octanol–water partition coefficient (Wildman–Crippen LogP) is 1.09. The van der Waals surface area contributed by atoms with Gasteiger partial charge in [0.05, 0.1) is 11.5 Å². The van der Waals surface area contributed by atoms with Crippen molar-refractivity contribution in [1.82, 2.24) is 10.2 Å². The Morgan fingerprint density at radius 3 is 2.62 bits per heavy atom. The van der Waals surface area contributed by atoms with E-state index in [1.807, 2.05) is 6.92 Å². The molecule has 0 atom stereocenters. The molecule has 0 aromatic carbocycles. The molecule has 0 amide bonds. The molecule has 1 aliphatic rings. The second-order valence-corrected chi connectivity index (χ2v) is 7.29. The van der Waals surface area contributed by atoms with Crippen molar-refractivity contribution < 1.29 is 8.42 Å². The van der Waals surface area contributed by atoms with E-state index in [-0.39, 0.29) is 17.5 Å². The summed E-state index contributed by atoms with van der Waals surface area (Å²) in [6.45, 7) is 2.04. The lowest BCUT2D eigenvalue weighted by molar-refractivity contribution is 0.559. The van der Waals surface area contributed by atoms with E-state index in [2.05, 4.69) is 15.5 Å². The first-order chi connectivity index (χ1) is 7.59. The van der Waals surface area contributed by atoms with Gasteiger partial charge in [0.15, 0.2) is 0 Å². The Bertz CT molecular complexity index is 441. The average Bonchev–Trinajstić information content (AvgIpc) is 2.69. The Morgan fingerprint density at radius 2 is 2.06 bits per heavy atom. The van der Waals surface area contributed by atoms with E-state index in [9.17, 15) is 8.42 Å². The van der Waals surface area contributed by atoms with Gasteiger partial charge >= 0.3 is 0 Å². The molecule has 1 aromatic heterocycles. The summed E-state index contributed by atoms with van der Waals surface area (Å²) in [7, 11) is -2.78. The fourth-order valence-corrected chi connectivity index (χ4v) is 3.91. The van der Waals surface area contributed by atoms with Crippen LogP contribution in [0.5, 0.6) is 0 Å². The van der Waals surface area contributed by atoms with Crippen LogP contribution in [0, 0.1) is 0 Å². The van der Waals surface area contributed by atoms with Crippen LogP contribution < -0.4 is 5.32 Å². The van der Waals surface area contributed by atoms with Crippen molar-refractivity contribution >= 4 is 26.3 Å². The number of hydrogen-bond donors (Lipinski definition) is 1. The van der Waals surface area contributed by atoms with Gasteiger partial charge in [-0.15, -0.1) is 10.2 Å². The molecule has 1 fully saturated rings. The van der Waals surface area contributed by atoms with E-state index in [1.54, 1.807) is 11.3 Å². The third kappa shape index (κ3) is 2.91. The van der Waals surface area contributed by atoms with Crippen LogP contribution >= 0.6 is 11.3 Å². The molecule has 0 radical (unpaired) electrons. The van der Waals surface area contributed by atoms with E-state index in [0.717, 1.165) is 16.6 Å². The summed E-state index contributed by atoms with van der Waals surface area (Å²) >= 11 is 1.54. The van der Waals surface area contributed by atoms with Gasteiger partial charge in [0.2, 0.25) is 5.13 Å². The monoisotopic (exact) mass is 261 g/mol. The lowest BCUT2D eigenvalue weighted by Gasteiger charge is -2.22. The van der Waals surface area contributed by atoms with Crippen molar-refractivity contribution in [3.8, 4) is 0 Å². The van der Waals surface area contributed by atoms with Gasteiger partial charge in [0.25, 0.3) is 0 Å². The zero-order valence-electron chi connectivity index (χ0n) is 9.14. The van der Waals surface area contributed by atoms with Crippen molar-refractivity contribution in [3.05, 3.63) is 5.01 Å². The van der Waals surface area contributed by atoms with Gasteiger partial charge in [-0.2, -0.15) is 0 Å². The molecule has 5 nitrogen and oxygen atoms in total. The summed E-state index contributed by atoms with van der Waals surface area (Å²) < 4.78 is 22.5. The second kappa shape index (κ2) is 4.67. The molecule has 1 N–H and O–H groups in total. The summed E-state index contributed by atoms with van der Waals surface area (Å²) in [6, 6.07) is 0.223. The SMILES string of the molecule is CCc1nnc(NC2CCS(=O)(=O)CC2)s1. The van der Waals surface area contributed by atoms with E-state index in [4.69, 9.17) is 0 Å². The predicted molar refractivity (Wildman–Crippen MR) is 64.6 cm³/mol. The fraction of sp³-hybridized carbons (Fsp3) is 0.778. The first-order valence-electron chi connectivity index (χ1n) is 5.38. The summed E-state index contributed by atoms with van der Waals surface area (Å²) in [5.74, 6) is 0.564. The number of hydrogen-bond acceptors (Lipinski definition) is 6. The molecule has 0 aliphatic carbocycles. The van der Waals surface area contributed by atoms with Crippen molar-refractivity contribution in [1.29, 1.82) is 0 Å². The molecule has 1 saturated heterocycles. The normalized spacial score (nSPS) is 20.8. The van der Waals surface area contributed by atoms with Crippen LogP contribution in [0.25, 0.3) is 0 Å². The lowest BCUT2D eigenvalue weighted by atomic mass is 10.2. The highest BCUT2D eigenvalue weighted by molar-refractivity contribution is 7.91. The van der Waals surface area contributed by atoms with E-state index in [0.29, 0.717) is 12.8 Å². The molecule has 1 aliphatic heterocycles. The standard InChI is InChI=1S/C9H15N3O2S2/c1-2-8-11-12-9(15-8)10-7-3-5-16(13,14)6-4-7/h7H,2-6H2,1H3,(H,10,12). The highest BCUT2D eigenvalue weighted by Crippen LogP contribution is 2.20. The van der Waals surface area contributed by atoms with Crippen LogP contribution in [0.1, 0.15) is 24.8 Å². The summed E-state index contributed by atoms with van der Waals surface area (Å²) in [4.78, 5) is 0. The van der Waals surface area contributed by atoms with Gasteiger partial charge < -0.3 is 5.32 Å². The first-order valence-corrected chi connectivity index (χ1v) is 8.02. The van der Waals surface area contributed by atoms with Crippen LogP contribution in [0.2, 0.25) is 0 Å². The zero-order chi connectivity index (χ0) is 11.6. The maximum Gasteiger partial charge on any atom is 0.205 e. The second-order valence-electron chi connectivity index (χ2n) is 3.92. The van der Waals surface area contributed by atoms with Gasteiger partial charge in [0.1, 0.15) is 14.8 Å². The van der Waals surface area contributed by atoms with E-state index >= 15 is 0 Å². The number of anilines is 1. The van der Waals surface area contributed by atoms with Crippen molar-refractivity contribution in [2.75, 3.05) is 16.8 Å². The quantitative estimate of drug-likeness (QED) is 0.882. The highest BCUT2D eigenvalue weighted by Gasteiger charge is 2.24. The Balaban J connectivity index is 1.91. The van der Waals surface area contributed by atoms with Crippen LogP contribution in [-0.4, -0.2) is 36.2 Å². The Labute approximate surface area is 99.2 Å². The van der Waals surface area contributed by atoms with Gasteiger partial charge in [-0.1, -0.05) is 18.3 Å². The lowest BCUT2D eigenvalue weighted by Crippen LogP contribution is -2.32. The van der Waals surface area contributed by atoms with Gasteiger partial charge in [-0.25, -0.2) is 8.42 Å². The molecule has 7 heteroatoms. The minimum absolute atomic E-state index is 0.223. The van der Waals surface area contributed by atoms with Gasteiger partial charge in [-0.05, 0) is 19.3 Å². The molecular formula is C9H15N3O2S2. The number of sulfone groups is 1. The number of nitrogens with zero attached hydrogens (tertiary/aromatic N) is 2. The Morgan fingerprint density at radius 1 is 1.38 bits per heavy atom. The van der Waals surface area contributed by atoms with Crippen molar-refractivity contribution in [2.24, 2.45) is 0 Å². The molecule has 16 heavy (non-hydrogen) atoms. The molecule has 0 spiro atoms. The number of aryl methyl sites for hydroxylation is 1. The molecule has 1 aromatic rings. The summed E-state index contributed by atoms with van der Waals surface area (Å²) in [6.07, 6.45) is 2.23. The highest BCUT2D eigenvalue weighted by atomic mass is 32.2. The largest absolute Gasteiger partial charge is 0.357 e. The zero-order valence-corrected chi connectivity index (χ0v) is 10.8. The topological polar surface area (TPSA) is 72.0 Å². The van der Waals surface area contributed by atoms with E-state index in [1.165, 1.54) is 0 Å². The third-order valence-electron chi connectivity index (χ3n) is 2.65. The smallest absolute Gasteiger partial charge is 0.205 e. The third-order valence-corrected chi connectivity index (χ3v) is 5.37. The maximum absolute atomic E-state index is 11.2. The summed E-state index contributed by atoms with van der Waals surface area (Å²) in [5.41, 5.74) is 0.